The molecule has 3 aromatic rings. The van der Waals surface area contributed by atoms with Crippen LogP contribution in [-0.4, -0.2) is 20.7 Å². The van der Waals surface area contributed by atoms with Crippen LogP contribution in [0.1, 0.15) is 21.6 Å². The number of thiophene rings is 1. The molecule has 0 bridgehead atoms. The van der Waals surface area contributed by atoms with Gasteiger partial charge in [0.1, 0.15) is 0 Å². The zero-order chi connectivity index (χ0) is 17.6. The number of carbonyl (C=O) groups is 1. The lowest BCUT2D eigenvalue weighted by molar-refractivity contribution is -0.384. The highest BCUT2D eigenvalue weighted by Crippen LogP contribution is 2.18. The molecule has 0 saturated heterocycles. The van der Waals surface area contributed by atoms with Gasteiger partial charge in [0.2, 0.25) is 0 Å². The molecule has 6 nitrogen and oxygen atoms in total. The van der Waals surface area contributed by atoms with Crippen LogP contribution in [0.3, 0.4) is 0 Å². The number of hydrogen-bond acceptors (Lipinski definition) is 5. The predicted molar refractivity (Wildman–Crippen MR) is 95.2 cm³/mol. The summed E-state index contributed by atoms with van der Waals surface area (Å²) >= 11 is 1.56. The van der Waals surface area contributed by atoms with Gasteiger partial charge in [-0.25, -0.2) is 0 Å². The molecule has 0 atom stereocenters. The van der Waals surface area contributed by atoms with E-state index in [4.69, 9.17) is 0 Å². The third-order valence-electron chi connectivity index (χ3n) is 3.62. The average Bonchev–Trinajstić information content (AvgIpc) is 3.14. The molecular weight excluding hydrogens is 338 g/mol. The fourth-order valence-corrected chi connectivity index (χ4v) is 3.08. The fourth-order valence-electron chi connectivity index (χ4n) is 2.42. The molecule has 25 heavy (non-hydrogen) atoms. The number of pyridine rings is 1. The lowest BCUT2D eigenvalue weighted by Crippen LogP contribution is -2.30. The second-order valence-corrected chi connectivity index (χ2v) is 6.20. The van der Waals surface area contributed by atoms with Gasteiger partial charge in [0.05, 0.1) is 17.2 Å². The van der Waals surface area contributed by atoms with Gasteiger partial charge in [-0.3, -0.25) is 19.9 Å². The van der Waals surface area contributed by atoms with E-state index in [0.717, 1.165) is 11.3 Å². The third kappa shape index (κ3) is 4.27. The Labute approximate surface area is 148 Å². The molecule has 0 aliphatic carbocycles. The van der Waals surface area contributed by atoms with Crippen molar-refractivity contribution < 1.29 is 9.72 Å². The van der Waals surface area contributed by atoms with Crippen molar-refractivity contribution in [3.63, 3.8) is 0 Å². The Bertz CT molecular complexity index is 866. The van der Waals surface area contributed by atoms with Crippen molar-refractivity contribution >= 4 is 22.9 Å². The van der Waals surface area contributed by atoms with E-state index in [9.17, 15) is 14.9 Å². The van der Waals surface area contributed by atoms with Crippen LogP contribution >= 0.6 is 11.3 Å². The highest BCUT2D eigenvalue weighted by atomic mass is 32.1. The monoisotopic (exact) mass is 353 g/mol. The second-order valence-electron chi connectivity index (χ2n) is 5.42. The Morgan fingerprint density at radius 2 is 2.04 bits per heavy atom. The van der Waals surface area contributed by atoms with Crippen LogP contribution in [0, 0.1) is 10.1 Å². The van der Waals surface area contributed by atoms with Crippen LogP contribution in [0.2, 0.25) is 0 Å². The van der Waals surface area contributed by atoms with Crippen molar-refractivity contribution in [3.05, 3.63) is 92.4 Å². The summed E-state index contributed by atoms with van der Waals surface area (Å²) in [4.78, 5) is 29.3. The van der Waals surface area contributed by atoms with Gasteiger partial charge in [-0.15, -0.1) is 0 Å². The molecule has 0 aliphatic heterocycles. The smallest absolute Gasteiger partial charge is 0.270 e. The van der Waals surface area contributed by atoms with E-state index in [2.05, 4.69) is 4.98 Å². The number of carbonyl (C=O) groups excluding carboxylic acids is 1. The molecule has 7 heteroatoms. The summed E-state index contributed by atoms with van der Waals surface area (Å²) in [5, 5.41) is 14.9. The first-order valence-corrected chi connectivity index (χ1v) is 8.52. The van der Waals surface area contributed by atoms with Crippen molar-refractivity contribution in [2.75, 3.05) is 0 Å². The number of benzene rings is 1. The summed E-state index contributed by atoms with van der Waals surface area (Å²) in [5.41, 5.74) is 1.97. The summed E-state index contributed by atoms with van der Waals surface area (Å²) < 4.78 is 0. The first-order chi connectivity index (χ1) is 12.1. The number of hydrogen-bond donors (Lipinski definition) is 0. The van der Waals surface area contributed by atoms with Crippen LogP contribution in [0.15, 0.2) is 65.5 Å². The Morgan fingerprint density at radius 3 is 2.72 bits per heavy atom. The molecule has 0 aliphatic rings. The molecule has 1 aromatic carbocycles. The summed E-state index contributed by atoms with van der Waals surface area (Å²) in [7, 11) is 0. The van der Waals surface area contributed by atoms with Crippen molar-refractivity contribution in [1.82, 2.24) is 9.88 Å². The first-order valence-electron chi connectivity index (χ1n) is 7.58. The molecule has 0 unspecified atom stereocenters. The lowest BCUT2D eigenvalue weighted by atomic mass is 10.1. The van der Waals surface area contributed by atoms with Gasteiger partial charge in [-0.05, 0) is 40.6 Å². The van der Waals surface area contributed by atoms with E-state index in [0.29, 0.717) is 18.7 Å². The Balaban J connectivity index is 1.88. The molecule has 126 valence electrons. The van der Waals surface area contributed by atoms with Crippen LogP contribution in [-0.2, 0) is 13.1 Å². The highest BCUT2D eigenvalue weighted by Gasteiger charge is 2.19. The standard InChI is InChI=1S/C18H15N3O3S/c22-18(15-4-3-6-17(10-15)21(23)24)20(11-14-7-9-25-13-14)12-16-5-1-2-8-19-16/h1-10,13H,11-12H2. The predicted octanol–water partition coefficient (Wildman–Crippen LogP) is 3.89. The van der Waals surface area contributed by atoms with Crippen LogP contribution < -0.4 is 0 Å². The molecule has 2 heterocycles. The van der Waals surface area contributed by atoms with Gasteiger partial charge in [0.15, 0.2) is 0 Å². The zero-order valence-electron chi connectivity index (χ0n) is 13.2. The number of non-ortho nitro benzene ring substituents is 1. The molecule has 0 spiro atoms. The fraction of sp³-hybridized carbons (Fsp3) is 0.111. The third-order valence-corrected chi connectivity index (χ3v) is 4.36. The van der Waals surface area contributed by atoms with E-state index in [1.165, 1.54) is 18.2 Å². The minimum Gasteiger partial charge on any atom is -0.328 e. The Hall–Kier alpha value is -3.06. The molecule has 0 saturated carbocycles. The number of amides is 1. The van der Waals surface area contributed by atoms with Gasteiger partial charge < -0.3 is 4.90 Å². The average molecular weight is 353 g/mol. The minimum atomic E-state index is -0.501. The zero-order valence-corrected chi connectivity index (χ0v) is 14.1. The number of nitro benzene ring substituents is 1. The number of nitro groups is 1. The van der Waals surface area contributed by atoms with Gasteiger partial charge in [-0.1, -0.05) is 12.1 Å². The maximum absolute atomic E-state index is 12.9. The van der Waals surface area contributed by atoms with E-state index < -0.39 is 4.92 Å². The molecule has 1 amide bonds. The summed E-state index contributed by atoms with van der Waals surface area (Å²) in [6, 6.07) is 13.3. The second kappa shape index (κ2) is 7.67. The van der Waals surface area contributed by atoms with E-state index >= 15 is 0 Å². The van der Waals surface area contributed by atoms with E-state index in [1.807, 2.05) is 35.0 Å². The van der Waals surface area contributed by atoms with Crippen LogP contribution in [0.4, 0.5) is 5.69 Å². The number of aromatic nitrogens is 1. The highest BCUT2D eigenvalue weighted by molar-refractivity contribution is 7.07. The van der Waals surface area contributed by atoms with E-state index in [-0.39, 0.29) is 11.6 Å². The maximum atomic E-state index is 12.9. The lowest BCUT2D eigenvalue weighted by Gasteiger charge is -2.22. The largest absolute Gasteiger partial charge is 0.328 e. The Kier molecular flexibility index (Phi) is 5.15. The van der Waals surface area contributed by atoms with Crippen molar-refractivity contribution in [2.24, 2.45) is 0 Å². The van der Waals surface area contributed by atoms with Gasteiger partial charge >= 0.3 is 0 Å². The summed E-state index contributed by atoms with van der Waals surface area (Å²) in [6.45, 7) is 0.750. The first kappa shape index (κ1) is 16.8. The molecule has 0 radical (unpaired) electrons. The minimum absolute atomic E-state index is 0.0980. The summed E-state index contributed by atoms with van der Waals surface area (Å²) in [5.74, 6) is -0.263. The van der Waals surface area contributed by atoms with Gasteiger partial charge in [0.25, 0.3) is 11.6 Å². The van der Waals surface area contributed by atoms with E-state index in [1.54, 1.807) is 28.5 Å². The maximum Gasteiger partial charge on any atom is 0.270 e. The quantitative estimate of drug-likeness (QED) is 0.497. The number of nitrogens with zero attached hydrogens (tertiary/aromatic N) is 3. The van der Waals surface area contributed by atoms with Crippen LogP contribution in [0.25, 0.3) is 0 Å². The van der Waals surface area contributed by atoms with Crippen LogP contribution in [0.5, 0.6) is 0 Å². The molecule has 3 rings (SSSR count). The topological polar surface area (TPSA) is 76.3 Å². The molecule has 0 fully saturated rings. The normalized spacial score (nSPS) is 10.4. The number of rotatable bonds is 6. The van der Waals surface area contributed by atoms with Crippen molar-refractivity contribution in [3.8, 4) is 0 Å². The van der Waals surface area contributed by atoms with Crippen molar-refractivity contribution in [2.45, 2.75) is 13.1 Å². The summed E-state index contributed by atoms with van der Waals surface area (Å²) in [6.07, 6.45) is 1.68. The molecule has 2 aromatic heterocycles. The molecular formula is C18H15N3O3S. The van der Waals surface area contributed by atoms with Gasteiger partial charge in [0, 0.05) is 30.4 Å². The molecule has 0 N–H and O–H groups in total. The van der Waals surface area contributed by atoms with Crippen molar-refractivity contribution in [1.29, 1.82) is 0 Å². The Morgan fingerprint density at radius 1 is 1.16 bits per heavy atom. The SMILES string of the molecule is O=C(c1cccc([N+](=O)[O-])c1)N(Cc1ccsc1)Cc1ccccn1. The van der Waals surface area contributed by atoms with Gasteiger partial charge in [-0.2, -0.15) is 11.3 Å².